The van der Waals surface area contributed by atoms with E-state index in [1.165, 1.54) is 0 Å². The second-order valence-electron chi connectivity index (χ2n) is 6.50. The highest BCUT2D eigenvalue weighted by Crippen LogP contribution is 2.37. The van der Waals surface area contributed by atoms with Crippen molar-refractivity contribution in [2.75, 3.05) is 17.4 Å². The fraction of sp³-hybridized carbons (Fsp3) is 0.389. The second kappa shape index (κ2) is 6.99. The van der Waals surface area contributed by atoms with Crippen LogP contribution < -0.4 is 15.1 Å². The molecule has 2 aromatic rings. The number of aromatic nitrogens is 2. The quantitative estimate of drug-likeness (QED) is 0.824. The first-order valence-electron chi connectivity index (χ1n) is 8.69. The van der Waals surface area contributed by atoms with Gasteiger partial charge in [0.05, 0.1) is 25.9 Å². The highest BCUT2D eigenvalue weighted by molar-refractivity contribution is 6.28. The van der Waals surface area contributed by atoms with Crippen molar-refractivity contribution in [1.29, 1.82) is 0 Å². The van der Waals surface area contributed by atoms with Gasteiger partial charge in [0.15, 0.2) is 5.82 Å². The molecule has 0 saturated heterocycles. The molecule has 0 spiro atoms. The zero-order valence-electron chi connectivity index (χ0n) is 14.5. The molecule has 0 bridgehead atoms. The van der Waals surface area contributed by atoms with Gasteiger partial charge in [0, 0.05) is 0 Å². The van der Waals surface area contributed by atoms with Gasteiger partial charge >= 0.3 is 6.03 Å². The molecule has 2 aliphatic rings. The summed E-state index contributed by atoms with van der Waals surface area (Å²) in [6, 6.07) is 7.74. The molecule has 1 aromatic carbocycles. The van der Waals surface area contributed by atoms with E-state index in [1.807, 2.05) is 29.3 Å². The molecule has 136 valence electrons. The molecule has 1 aliphatic heterocycles. The van der Waals surface area contributed by atoms with Crippen molar-refractivity contribution in [2.24, 2.45) is 0 Å². The maximum absolute atomic E-state index is 12.8. The van der Waals surface area contributed by atoms with Crippen LogP contribution in [0.25, 0.3) is 0 Å². The number of halogens is 1. The Balaban J connectivity index is 1.69. The maximum atomic E-state index is 12.8. The van der Waals surface area contributed by atoms with E-state index < -0.39 is 0 Å². The monoisotopic (exact) mass is 373 g/mol. The number of carbonyl (C=O) groups excluding carboxylic acids is 1. The lowest BCUT2D eigenvalue weighted by atomic mass is 10.2. The van der Waals surface area contributed by atoms with E-state index >= 15 is 0 Å². The molecule has 8 heteroatoms. The molecule has 0 radical (unpaired) electrons. The first-order valence-corrected chi connectivity index (χ1v) is 9.06. The van der Waals surface area contributed by atoms with Gasteiger partial charge in [0.2, 0.25) is 5.28 Å². The predicted molar refractivity (Wildman–Crippen MR) is 99.3 cm³/mol. The van der Waals surface area contributed by atoms with Crippen LogP contribution in [0.3, 0.4) is 0 Å². The summed E-state index contributed by atoms with van der Waals surface area (Å²) in [5.74, 6) is 1.44. The summed E-state index contributed by atoms with van der Waals surface area (Å²) in [4.78, 5) is 21.2. The predicted octanol–water partition coefficient (Wildman–Crippen LogP) is 3.85. The van der Waals surface area contributed by atoms with Crippen LogP contribution in [0.2, 0.25) is 5.28 Å². The number of rotatable bonds is 4. The van der Waals surface area contributed by atoms with Crippen LogP contribution in [0, 0.1) is 0 Å². The molecule has 0 unspecified atom stereocenters. The number of benzene rings is 1. The summed E-state index contributed by atoms with van der Waals surface area (Å²) in [7, 11) is 1.63. The number of nitrogens with zero attached hydrogens (tertiary/aromatic N) is 4. The minimum absolute atomic E-state index is 0.173. The summed E-state index contributed by atoms with van der Waals surface area (Å²) in [6.45, 7) is 0.438. The molecule has 2 amide bonds. The highest BCUT2D eigenvalue weighted by Gasteiger charge is 2.37. The Morgan fingerprint density at radius 2 is 2.00 bits per heavy atom. The summed E-state index contributed by atoms with van der Waals surface area (Å²) in [5.41, 5.74) is 1.60. The van der Waals surface area contributed by atoms with E-state index in [1.54, 1.807) is 18.3 Å². The number of fused-ring (bicyclic) bond motifs is 1. The average molecular weight is 374 g/mol. The molecule has 0 atom stereocenters. The van der Waals surface area contributed by atoms with Crippen molar-refractivity contribution in [3.05, 3.63) is 41.3 Å². The maximum Gasteiger partial charge on any atom is 0.341 e. The smallest absolute Gasteiger partial charge is 0.341 e. The largest absolute Gasteiger partial charge is 0.497 e. The first kappa shape index (κ1) is 16.9. The molecule has 26 heavy (non-hydrogen) atoms. The minimum Gasteiger partial charge on any atom is -0.497 e. The molecule has 7 nitrogen and oxygen atoms in total. The summed E-state index contributed by atoms with van der Waals surface area (Å²) >= 11 is 6.03. The Kier molecular flexibility index (Phi) is 4.55. The van der Waals surface area contributed by atoms with Crippen LogP contribution in [-0.4, -0.2) is 34.2 Å². The van der Waals surface area contributed by atoms with Crippen molar-refractivity contribution < 1.29 is 9.53 Å². The summed E-state index contributed by atoms with van der Waals surface area (Å²) < 4.78 is 5.21. The molecule has 4 rings (SSSR count). The fourth-order valence-electron chi connectivity index (χ4n) is 3.58. The highest BCUT2D eigenvalue weighted by atomic mass is 35.5. The lowest BCUT2D eigenvalue weighted by Gasteiger charge is -2.43. The molecule has 2 heterocycles. The number of hydrogen-bond acceptors (Lipinski definition) is 5. The number of carbonyl (C=O) groups is 1. The van der Waals surface area contributed by atoms with Crippen molar-refractivity contribution in [2.45, 2.75) is 38.3 Å². The lowest BCUT2D eigenvalue weighted by molar-refractivity contribution is 0.190. The van der Waals surface area contributed by atoms with Crippen LogP contribution in [0.1, 0.15) is 31.2 Å². The van der Waals surface area contributed by atoms with Crippen LogP contribution >= 0.6 is 11.6 Å². The van der Waals surface area contributed by atoms with Crippen molar-refractivity contribution in [3.8, 4) is 5.75 Å². The zero-order chi connectivity index (χ0) is 18.1. The molecule has 1 fully saturated rings. The topological polar surface area (TPSA) is 70.6 Å². The van der Waals surface area contributed by atoms with E-state index in [-0.39, 0.29) is 17.4 Å². The normalized spacial score (nSPS) is 17.2. The van der Waals surface area contributed by atoms with Gasteiger partial charge in [-0.3, -0.25) is 5.01 Å². The number of hydrogen-bond donors (Lipinski definition) is 1. The molecule has 1 aromatic heterocycles. The summed E-state index contributed by atoms with van der Waals surface area (Å²) in [6.07, 6.45) is 5.90. The van der Waals surface area contributed by atoms with Gasteiger partial charge < -0.3 is 10.1 Å². The van der Waals surface area contributed by atoms with Crippen molar-refractivity contribution >= 4 is 29.1 Å². The van der Waals surface area contributed by atoms with Gasteiger partial charge in [0.25, 0.3) is 0 Å². The minimum atomic E-state index is -0.189. The standard InChI is InChI=1S/C18H20ClN5O2/c1-26-14-8-6-12(7-9-14)11-23-18(25)21-15-10-20-17(19)22-16(15)24(23)13-4-2-3-5-13/h6-10,13H,2-5,11H2,1H3,(H,21,25). The lowest BCUT2D eigenvalue weighted by Crippen LogP contribution is -2.55. The van der Waals surface area contributed by atoms with Crippen LogP contribution in [0.5, 0.6) is 5.75 Å². The van der Waals surface area contributed by atoms with Crippen molar-refractivity contribution in [1.82, 2.24) is 15.0 Å². The number of ether oxygens (including phenoxy) is 1. The second-order valence-corrected chi connectivity index (χ2v) is 6.83. The van der Waals surface area contributed by atoms with E-state index in [2.05, 4.69) is 15.3 Å². The third-order valence-corrected chi connectivity index (χ3v) is 5.04. The molecule has 1 aliphatic carbocycles. The number of anilines is 2. The van der Waals surface area contributed by atoms with E-state index in [4.69, 9.17) is 16.3 Å². The molecule has 1 N–H and O–H groups in total. The van der Waals surface area contributed by atoms with Gasteiger partial charge in [0.1, 0.15) is 11.4 Å². The van der Waals surface area contributed by atoms with Crippen molar-refractivity contribution in [3.63, 3.8) is 0 Å². The third-order valence-electron chi connectivity index (χ3n) is 4.85. The summed E-state index contributed by atoms with van der Waals surface area (Å²) in [5, 5.41) is 6.75. The average Bonchev–Trinajstić information content (AvgIpc) is 3.17. The Labute approximate surface area is 156 Å². The van der Waals surface area contributed by atoms with Crippen LogP contribution in [0.4, 0.5) is 16.3 Å². The number of amides is 2. The zero-order valence-corrected chi connectivity index (χ0v) is 15.2. The Hall–Kier alpha value is -2.54. The molecular weight excluding hydrogens is 354 g/mol. The van der Waals surface area contributed by atoms with Crippen LogP contribution in [-0.2, 0) is 6.54 Å². The van der Waals surface area contributed by atoms with E-state index in [0.29, 0.717) is 18.1 Å². The Bertz CT molecular complexity index is 808. The fourth-order valence-corrected chi connectivity index (χ4v) is 3.71. The SMILES string of the molecule is COc1ccc(CN2C(=O)Nc3cnc(Cl)nc3N2C2CCCC2)cc1. The number of urea groups is 1. The number of nitrogens with one attached hydrogen (secondary N) is 1. The van der Waals surface area contributed by atoms with E-state index in [0.717, 1.165) is 37.0 Å². The Morgan fingerprint density at radius 1 is 1.27 bits per heavy atom. The van der Waals surface area contributed by atoms with Gasteiger partial charge in [-0.2, -0.15) is 4.98 Å². The first-order chi connectivity index (χ1) is 12.7. The third kappa shape index (κ3) is 3.14. The van der Waals surface area contributed by atoms with E-state index in [9.17, 15) is 4.79 Å². The van der Waals surface area contributed by atoms with Gasteiger partial charge in [-0.15, -0.1) is 0 Å². The number of hydrazine groups is 1. The van der Waals surface area contributed by atoms with Crippen LogP contribution in [0.15, 0.2) is 30.5 Å². The molecule has 1 saturated carbocycles. The Morgan fingerprint density at radius 3 is 2.69 bits per heavy atom. The molecular formula is C18H20ClN5O2. The number of methoxy groups -OCH3 is 1. The van der Waals surface area contributed by atoms with Gasteiger partial charge in [-0.25, -0.2) is 14.8 Å². The van der Waals surface area contributed by atoms with Gasteiger partial charge in [-0.05, 0) is 42.1 Å². The van der Waals surface area contributed by atoms with Gasteiger partial charge in [-0.1, -0.05) is 25.0 Å².